The SMILES string of the molecule is CCC(NC(=O)CCCCCNC(=O)CCC(=O)N[C@H]1CCC2(C)[C@H](CC[C@@H]3[C@@H]2CC(O)C2(C)C(C4=CC(=O)OC4)CC[C@]32O)C1)C(=O)OC(c1ccccc1)(c1ccccc1)c1ccc(C)cc1. The molecule has 0 bridgehead atoms. The van der Waals surface area contributed by atoms with Crippen LogP contribution in [0.4, 0.5) is 0 Å². The van der Waals surface area contributed by atoms with Crippen molar-refractivity contribution < 1.29 is 43.7 Å². The average Bonchev–Trinajstić information content (AvgIpc) is 3.91. The molecular weight excluding hydrogens is 871 g/mol. The number of nitrogens with one attached hydrogen (secondary N) is 3. The van der Waals surface area contributed by atoms with Gasteiger partial charge in [-0.15, -0.1) is 0 Å². The summed E-state index contributed by atoms with van der Waals surface area (Å²) in [6.07, 6.45) is 9.92. The lowest BCUT2D eigenvalue weighted by Gasteiger charge is -2.65. The monoisotopic (exact) mass is 944 g/mol. The maximum Gasteiger partial charge on any atom is 0.331 e. The third kappa shape index (κ3) is 9.90. The Morgan fingerprint density at radius 2 is 1.45 bits per heavy atom. The van der Waals surface area contributed by atoms with Crippen LogP contribution < -0.4 is 16.0 Å². The first-order valence-corrected chi connectivity index (χ1v) is 25.7. The van der Waals surface area contributed by atoms with E-state index in [4.69, 9.17) is 9.47 Å². The standard InChI is InChI=1S/C57H73N3O9/c1-5-47(53(66)69-57(39-15-9-6-10-16-39,40-17-11-7-12-18-40)41-22-20-37(2)21-23-41)60-50(63)19-13-8-14-32-58-49(62)26-27-51(64)59-43-28-30-54(3)42(34-43)24-25-45-46(54)35-48(61)55(4)44(29-31-56(45,55)67)38-33-52(65)68-36-38/h6-7,9-12,15-18,20-23,33,42-48,61,67H,5,8,13-14,19,24-32,34-36H2,1-4H3,(H,58,62)(H,59,64)(H,60,63)/t42-,43+,44?,45-,46+,47?,48?,54?,55?,56+/m1/s1. The highest BCUT2D eigenvalue weighted by molar-refractivity contribution is 5.86. The van der Waals surface area contributed by atoms with E-state index in [-0.39, 0.29) is 78.8 Å². The van der Waals surface area contributed by atoms with Crippen LogP contribution in [0.1, 0.15) is 139 Å². The summed E-state index contributed by atoms with van der Waals surface area (Å²) < 4.78 is 11.8. The minimum Gasteiger partial charge on any atom is -0.458 e. The van der Waals surface area contributed by atoms with Gasteiger partial charge in [-0.1, -0.05) is 118 Å². The van der Waals surface area contributed by atoms with Crippen LogP contribution in [-0.4, -0.2) is 76.8 Å². The highest BCUT2D eigenvalue weighted by Gasteiger charge is 2.70. The number of aliphatic hydroxyl groups is 2. The normalized spacial score (nSPS) is 29.8. The Morgan fingerprint density at radius 3 is 2.10 bits per heavy atom. The van der Waals surface area contributed by atoms with Crippen LogP contribution in [0.5, 0.6) is 0 Å². The van der Waals surface area contributed by atoms with Gasteiger partial charge in [-0.25, -0.2) is 9.59 Å². The van der Waals surface area contributed by atoms with Gasteiger partial charge in [-0.2, -0.15) is 0 Å². The number of carbonyl (C=O) groups is 5. The predicted octanol–water partition coefficient (Wildman–Crippen LogP) is 7.89. The van der Waals surface area contributed by atoms with Crippen molar-refractivity contribution in [2.45, 2.75) is 153 Å². The minimum absolute atomic E-state index is 0.0195. The van der Waals surface area contributed by atoms with Crippen molar-refractivity contribution in [1.82, 2.24) is 16.0 Å². The second kappa shape index (κ2) is 20.9. The topological polar surface area (TPSA) is 180 Å². The Labute approximate surface area is 407 Å². The molecule has 0 radical (unpaired) electrons. The van der Waals surface area contributed by atoms with Crippen LogP contribution in [0, 0.1) is 41.4 Å². The smallest absolute Gasteiger partial charge is 0.331 e. The quantitative estimate of drug-likeness (QED) is 0.0482. The zero-order chi connectivity index (χ0) is 49.0. The van der Waals surface area contributed by atoms with Crippen molar-refractivity contribution in [3.63, 3.8) is 0 Å². The number of hydrogen-bond acceptors (Lipinski definition) is 9. The molecule has 3 aromatic carbocycles. The fourth-order valence-corrected chi connectivity index (χ4v) is 13.6. The molecular formula is C57H73N3O9. The third-order valence-corrected chi connectivity index (χ3v) is 17.5. The van der Waals surface area contributed by atoms with Crippen molar-refractivity contribution in [1.29, 1.82) is 0 Å². The Kier molecular flexibility index (Phi) is 15.2. The lowest BCUT2D eigenvalue weighted by molar-refractivity contribution is -0.243. The number of unbranched alkanes of at least 4 members (excludes halogenated alkanes) is 2. The number of fused-ring (bicyclic) bond motifs is 5. The van der Waals surface area contributed by atoms with Gasteiger partial charge >= 0.3 is 11.9 Å². The summed E-state index contributed by atoms with van der Waals surface area (Å²) in [6.45, 7) is 8.90. The summed E-state index contributed by atoms with van der Waals surface area (Å²) in [4.78, 5) is 65.1. The van der Waals surface area contributed by atoms with Crippen LogP contribution in [0.2, 0.25) is 0 Å². The largest absolute Gasteiger partial charge is 0.458 e. The molecule has 5 N–H and O–H groups in total. The molecule has 5 unspecified atom stereocenters. The Morgan fingerprint density at radius 1 is 0.783 bits per heavy atom. The van der Waals surface area contributed by atoms with E-state index in [0.717, 1.165) is 66.4 Å². The molecule has 12 heteroatoms. The average molecular weight is 944 g/mol. The molecule has 3 amide bonds. The molecule has 69 heavy (non-hydrogen) atoms. The van der Waals surface area contributed by atoms with Crippen molar-refractivity contribution in [3.05, 3.63) is 119 Å². The van der Waals surface area contributed by atoms with E-state index in [1.165, 1.54) is 0 Å². The molecule has 10 atom stereocenters. The van der Waals surface area contributed by atoms with E-state index in [2.05, 4.69) is 22.9 Å². The molecule has 4 fully saturated rings. The molecule has 0 spiro atoms. The molecule has 0 saturated heterocycles. The Bertz CT molecular complexity index is 2320. The maximum absolute atomic E-state index is 14.1. The minimum atomic E-state index is -1.24. The molecule has 4 saturated carbocycles. The van der Waals surface area contributed by atoms with E-state index in [9.17, 15) is 34.2 Å². The number of rotatable bonds is 18. The van der Waals surface area contributed by atoms with E-state index >= 15 is 0 Å². The van der Waals surface area contributed by atoms with Crippen molar-refractivity contribution in [2.24, 2.45) is 34.5 Å². The van der Waals surface area contributed by atoms with Crippen LogP contribution in [0.3, 0.4) is 0 Å². The summed E-state index contributed by atoms with van der Waals surface area (Å²) >= 11 is 0. The lowest BCUT2D eigenvalue weighted by Crippen LogP contribution is -2.67. The summed E-state index contributed by atoms with van der Waals surface area (Å²) in [5.74, 6) is -0.933. The summed E-state index contributed by atoms with van der Waals surface area (Å²) in [7, 11) is 0. The molecule has 1 aliphatic heterocycles. The number of ether oxygens (including phenoxy) is 2. The van der Waals surface area contributed by atoms with Gasteiger partial charge in [0, 0.05) is 60.0 Å². The Balaban J connectivity index is 0.746. The van der Waals surface area contributed by atoms with Crippen LogP contribution in [0.15, 0.2) is 96.6 Å². The second-order valence-corrected chi connectivity index (χ2v) is 21.3. The summed E-state index contributed by atoms with van der Waals surface area (Å²) in [5, 5.41) is 33.5. The van der Waals surface area contributed by atoms with Gasteiger partial charge in [0.2, 0.25) is 17.7 Å². The predicted molar refractivity (Wildman–Crippen MR) is 262 cm³/mol. The van der Waals surface area contributed by atoms with Crippen LogP contribution >= 0.6 is 0 Å². The number of amides is 3. The van der Waals surface area contributed by atoms with E-state index in [1.54, 1.807) is 6.08 Å². The number of aryl methyl sites for hydroxylation is 1. The van der Waals surface area contributed by atoms with Crippen molar-refractivity contribution in [3.8, 4) is 0 Å². The zero-order valence-electron chi connectivity index (χ0n) is 41.0. The van der Waals surface area contributed by atoms with Gasteiger partial charge in [-0.05, 0) is 112 Å². The molecule has 370 valence electrons. The van der Waals surface area contributed by atoms with Crippen LogP contribution in [0.25, 0.3) is 0 Å². The van der Waals surface area contributed by atoms with E-state index in [1.807, 2.05) is 106 Å². The highest BCUT2D eigenvalue weighted by atomic mass is 16.6. The fourth-order valence-electron chi connectivity index (χ4n) is 13.6. The Hall–Kier alpha value is -5.33. The van der Waals surface area contributed by atoms with Gasteiger partial charge in [-0.3, -0.25) is 14.4 Å². The van der Waals surface area contributed by atoms with Crippen LogP contribution in [-0.2, 0) is 39.0 Å². The number of aliphatic hydroxyl groups excluding tert-OH is 1. The molecule has 0 aromatic heterocycles. The maximum atomic E-state index is 14.1. The molecule has 8 rings (SSSR count). The molecule has 3 aromatic rings. The lowest BCUT2D eigenvalue weighted by atomic mass is 9.42. The third-order valence-electron chi connectivity index (χ3n) is 17.5. The number of esters is 2. The number of benzene rings is 3. The van der Waals surface area contributed by atoms with Gasteiger partial charge in [0.1, 0.15) is 12.6 Å². The van der Waals surface area contributed by atoms with E-state index < -0.39 is 34.7 Å². The second-order valence-electron chi connectivity index (χ2n) is 21.3. The number of hydrogen-bond donors (Lipinski definition) is 5. The summed E-state index contributed by atoms with van der Waals surface area (Å²) in [5.41, 5.74) is 1.29. The molecule has 5 aliphatic rings. The first-order valence-electron chi connectivity index (χ1n) is 25.7. The zero-order valence-corrected chi connectivity index (χ0v) is 41.0. The molecule has 12 nitrogen and oxygen atoms in total. The van der Waals surface area contributed by atoms with Crippen molar-refractivity contribution >= 4 is 29.7 Å². The van der Waals surface area contributed by atoms with Gasteiger partial charge < -0.3 is 35.6 Å². The number of carbonyl (C=O) groups excluding carboxylic acids is 5. The van der Waals surface area contributed by atoms with Gasteiger partial charge in [0.05, 0.1) is 11.7 Å². The first kappa shape index (κ1) is 50.1. The van der Waals surface area contributed by atoms with Gasteiger partial charge in [0.15, 0.2) is 5.60 Å². The molecule has 4 aliphatic carbocycles. The molecule has 1 heterocycles. The highest BCUT2D eigenvalue weighted by Crippen LogP contribution is 2.70. The number of cyclic esters (lactones) is 1. The van der Waals surface area contributed by atoms with Gasteiger partial charge in [0.25, 0.3) is 0 Å². The van der Waals surface area contributed by atoms with E-state index in [0.29, 0.717) is 51.0 Å². The summed E-state index contributed by atoms with van der Waals surface area (Å²) in [6, 6.07) is 26.5. The van der Waals surface area contributed by atoms with Crippen molar-refractivity contribution in [2.75, 3.05) is 13.2 Å². The fraction of sp³-hybridized carbons (Fsp3) is 0.561. The first-order chi connectivity index (χ1) is 33.1.